The van der Waals surface area contributed by atoms with Crippen molar-refractivity contribution in [3.63, 3.8) is 0 Å². The molecule has 53 heavy (non-hydrogen) atoms. The Morgan fingerprint density at radius 1 is 0.679 bits per heavy atom. The molecule has 0 spiro atoms. The third-order valence-electron chi connectivity index (χ3n) is 8.38. The van der Waals surface area contributed by atoms with Crippen LogP contribution in [0.5, 0.6) is 5.75 Å². The van der Waals surface area contributed by atoms with Gasteiger partial charge in [-0.15, -0.1) is 27.8 Å². The van der Waals surface area contributed by atoms with E-state index in [1.165, 1.54) is 28.7 Å². The molecule has 0 atom stereocenters. The first kappa shape index (κ1) is 34.5. The molecule has 4 N–H and O–H groups in total. The molecular formula is C37H25N5O7S4. The first-order valence-corrected chi connectivity index (χ1v) is 20.2. The van der Waals surface area contributed by atoms with Crippen LogP contribution < -0.4 is 5.32 Å². The van der Waals surface area contributed by atoms with E-state index in [-0.39, 0.29) is 4.90 Å². The van der Waals surface area contributed by atoms with Crippen molar-refractivity contribution in [1.82, 2.24) is 9.97 Å². The second kappa shape index (κ2) is 13.1. The summed E-state index contributed by atoms with van der Waals surface area (Å²) in [4.78, 5) is 8.66. The molecule has 0 unspecified atom stereocenters. The third kappa shape index (κ3) is 6.74. The van der Waals surface area contributed by atoms with Crippen LogP contribution in [0.4, 0.5) is 22.7 Å². The van der Waals surface area contributed by atoms with Crippen LogP contribution in [-0.4, -0.2) is 41.0 Å². The SMILES string of the molecule is Cc1ccc2nc(-c3ccc4nc(-c5ccc(N=Nc6c(S(=O)(=O)O)cc7ccc(Nc8ccccc8)cc7c6O)cc5)sc4c3)sc2c1S(=O)(=O)O. The molecule has 0 saturated carbocycles. The smallest absolute Gasteiger partial charge is 0.296 e. The van der Waals surface area contributed by atoms with E-state index in [9.17, 15) is 31.0 Å². The number of thiazole rings is 2. The summed E-state index contributed by atoms with van der Waals surface area (Å²) < 4.78 is 69.9. The fourth-order valence-corrected chi connectivity index (χ4v) is 9.85. The van der Waals surface area contributed by atoms with Gasteiger partial charge in [0.15, 0.2) is 5.75 Å². The summed E-state index contributed by atoms with van der Waals surface area (Å²) >= 11 is 2.63. The average molecular weight is 780 g/mol. The first-order valence-electron chi connectivity index (χ1n) is 15.7. The molecule has 0 fully saturated rings. The van der Waals surface area contributed by atoms with Gasteiger partial charge in [0.1, 0.15) is 25.5 Å². The molecule has 0 aliphatic heterocycles. The number of nitrogens with one attached hydrogen (secondary N) is 1. The van der Waals surface area contributed by atoms with Crippen LogP contribution in [0.3, 0.4) is 0 Å². The first-order chi connectivity index (χ1) is 25.3. The molecule has 16 heteroatoms. The minimum Gasteiger partial charge on any atom is -0.505 e. The van der Waals surface area contributed by atoms with Gasteiger partial charge in [-0.05, 0) is 96.7 Å². The van der Waals surface area contributed by atoms with Crippen LogP contribution >= 0.6 is 22.7 Å². The summed E-state index contributed by atoms with van der Waals surface area (Å²) in [5.41, 5.74) is 4.63. The standard InChI is InChI=1S/C37H25N5O7S4/c1-20-7-15-29-34(35(20)53(47,48)49)51-37(40-29)23-11-16-28-30(17-23)50-36(39-28)21-8-12-25(13-9-21)41-42-32-31(52(44,45)46)18-22-10-14-26(19-27(22)33(32)43)38-24-5-3-2-4-6-24/h2-19,38,43H,1H3,(H,44,45,46)(H,47,48,49). The van der Waals surface area contributed by atoms with Crippen molar-refractivity contribution in [3.8, 4) is 26.9 Å². The topological polar surface area (TPSA) is 191 Å². The number of aromatic hydroxyl groups is 1. The number of anilines is 2. The van der Waals surface area contributed by atoms with E-state index in [4.69, 9.17) is 4.98 Å². The molecule has 6 aromatic carbocycles. The number of hydrogen-bond acceptors (Lipinski definition) is 12. The van der Waals surface area contributed by atoms with Crippen molar-refractivity contribution in [2.45, 2.75) is 16.7 Å². The highest BCUT2D eigenvalue weighted by Crippen LogP contribution is 2.43. The lowest BCUT2D eigenvalue weighted by molar-refractivity contribution is 0.472. The number of nitrogens with zero attached hydrogens (tertiary/aromatic N) is 4. The van der Waals surface area contributed by atoms with Crippen LogP contribution in [-0.2, 0) is 20.2 Å². The Labute approximate surface area is 310 Å². The van der Waals surface area contributed by atoms with Crippen LogP contribution in [0.2, 0.25) is 0 Å². The van der Waals surface area contributed by atoms with Crippen LogP contribution in [0.15, 0.2) is 129 Å². The summed E-state index contributed by atoms with van der Waals surface area (Å²) in [6.45, 7) is 1.62. The zero-order valence-corrected chi connectivity index (χ0v) is 30.6. The van der Waals surface area contributed by atoms with E-state index in [1.807, 2.05) is 48.5 Å². The number of phenols is 1. The Hall–Kier alpha value is -5.62. The quantitative estimate of drug-likeness (QED) is 0.0852. The van der Waals surface area contributed by atoms with Gasteiger partial charge in [0.2, 0.25) is 0 Å². The lowest BCUT2D eigenvalue weighted by Gasteiger charge is -2.11. The van der Waals surface area contributed by atoms with E-state index < -0.39 is 36.6 Å². The molecule has 12 nitrogen and oxygen atoms in total. The van der Waals surface area contributed by atoms with Crippen molar-refractivity contribution in [2.24, 2.45) is 10.2 Å². The number of azo groups is 1. The zero-order valence-electron chi connectivity index (χ0n) is 27.3. The Balaban J connectivity index is 1.08. The van der Waals surface area contributed by atoms with Crippen LogP contribution in [0.25, 0.3) is 52.3 Å². The van der Waals surface area contributed by atoms with Gasteiger partial charge in [0.25, 0.3) is 20.2 Å². The van der Waals surface area contributed by atoms with E-state index in [2.05, 4.69) is 20.5 Å². The largest absolute Gasteiger partial charge is 0.505 e. The fraction of sp³-hybridized carbons (Fsp3) is 0.0270. The van der Waals surface area contributed by atoms with E-state index >= 15 is 0 Å². The Morgan fingerprint density at radius 3 is 2.11 bits per heavy atom. The van der Waals surface area contributed by atoms with Gasteiger partial charge in [-0.2, -0.15) is 21.9 Å². The molecule has 2 heterocycles. The number of para-hydroxylation sites is 1. The molecule has 8 aromatic rings. The van der Waals surface area contributed by atoms with Crippen LogP contribution in [0.1, 0.15) is 5.56 Å². The summed E-state index contributed by atoms with van der Waals surface area (Å²) in [5, 5.41) is 24.7. The average Bonchev–Trinajstić information content (AvgIpc) is 3.75. The maximum absolute atomic E-state index is 12.3. The van der Waals surface area contributed by atoms with Crippen molar-refractivity contribution in [1.29, 1.82) is 0 Å². The Bertz CT molecular complexity index is 3000. The Morgan fingerprint density at radius 2 is 1.38 bits per heavy atom. The van der Waals surface area contributed by atoms with Gasteiger partial charge in [-0.3, -0.25) is 9.11 Å². The van der Waals surface area contributed by atoms with E-state index in [1.54, 1.807) is 61.5 Å². The molecule has 0 amide bonds. The minimum atomic E-state index is -4.78. The minimum absolute atomic E-state index is 0.138. The van der Waals surface area contributed by atoms with Crippen LogP contribution in [0, 0.1) is 6.92 Å². The predicted octanol–water partition coefficient (Wildman–Crippen LogP) is 10.1. The number of hydrogen-bond donors (Lipinski definition) is 4. The number of fused-ring (bicyclic) bond motifs is 3. The maximum Gasteiger partial charge on any atom is 0.296 e. The number of rotatable bonds is 8. The van der Waals surface area contributed by atoms with Crippen molar-refractivity contribution < 1.29 is 31.0 Å². The number of benzene rings is 6. The summed E-state index contributed by atoms with van der Waals surface area (Å²) in [6.07, 6.45) is 0. The predicted molar refractivity (Wildman–Crippen MR) is 208 cm³/mol. The fourth-order valence-electron chi connectivity index (χ4n) is 5.87. The number of phenolic OH excluding ortho intramolecular Hbond substituents is 1. The summed E-state index contributed by atoms with van der Waals surface area (Å²) in [5.74, 6) is -0.458. The van der Waals surface area contributed by atoms with E-state index in [0.29, 0.717) is 42.9 Å². The molecule has 0 saturated heterocycles. The zero-order chi connectivity index (χ0) is 37.1. The molecule has 0 radical (unpaired) electrons. The highest BCUT2D eigenvalue weighted by atomic mass is 32.2. The van der Waals surface area contributed by atoms with Gasteiger partial charge >= 0.3 is 0 Å². The van der Waals surface area contributed by atoms with Crippen molar-refractivity contribution >= 4 is 96.9 Å². The second-order valence-electron chi connectivity index (χ2n) is 12.0. The highest BCUT2D eigenvalue weighted by molar-refractivity contribution is 7.86. The highest BCUT2D eigenvalue weighted by Gasteiger charge is 2.23. The van der Waals surface area contributed by atoms with Crippen molar-refractivity contribution in [3.05, 3.63) is 115 Å². The maximum atomic E-state index is 12.3. The third-order valence-corrected chi connectivity index (χ3v) is 12.6. The van der Waals surface area contributed by atoms with Gasteiger partial charge in [-0.1, -0.05) is 30.3 Å². The molecule has 0 bridgehead atoms. The molecular weight excluding hydrogens is 755 g/mol. The van der Waals surface area contributed by atoms with E-state index in [0.717, 1.165) is 32.0 Å². The number of aryl methyl sites for hydroxylation is 1. The van der Waals surface area contributed by atoms with Gasteiger partial charge in [-0.25, -0.2) is 9.97 Å². The molecule has 0 aliphatic carbocycles. The second-order valence-corrected chi connectivity index (χ2v) is 16.8. The lowest BCUT2D eigenvalue weighted by Crippen LogP contribution is -2.00. The summed E-state index contributed by atoms with van der Waals surface area (Å²) in [7, 11) is -9.22. The lowest BCUT2D eigenvalue weighted by atomic mass is 10.1. The molecule has 264 valence electrons. The van der Waals surface area contributed by atoms with Gasteiger partial charge in [0.05, 0.1) is 26.1 Å². The summed E-state index contributed by atoms with van der Waals surface area (Å²) in [6, 6.07) is 31.5. The molecule has 2 aromatic heterocycles. The Kier molecular flexibility index (Phi) is 8.52. The molecule has 8 rings (SSSR count). The van der Waals surface area contributed by atoms with Gasteiger partial charge < -0.3 is 10.4 Å². The number of aromatic nitrogens is 2. The normalized spacial score (nSPS) is 12.4. The van der Waals surface area contributed by atoms with Crippen molar-refractivity contribution in [2.75, 3.05) is 5.32 Å². The monoisotopic (exact) mass is 779 g/mol. The van der Waals surface area contributed by atoms with Gasteiger partial charge in [0, 0.05) is 27.9 Å². The molecule has 0 aliphatic rings.